The molecule has 3 aromatic heterocycles. The van der Waals surface area contributed by atoms with Crippen molar-refractivity contribution in [2.45, 2.75) is 18.6 Å². The largest absolute Gasteiger partial charge is 0.490 e. The molecular formula is C28H24F4N8O3. The van der Waals surface area contributed by atoms with E-state index in [4.69, 9.17) is 15.2 Å². The van der Waals surface area contributed by atoms with Gasteiger partial charge in [-0.1, -0.05) is 0 Å². The molecule has 4 aromatic rings. The van der Waals surface area contributed by atoms with Crippen molar-refractivity contribution in [3.8, 4) is 23.4 Å². The van der Waals surface area contributed by atoms with Gasteiger partial charge in [0.15, 0.2) is 0 Å². The van der Waals surface area contributed by atoms with Gasteiger partial charge in [0, 0.05) is 62.3 Å². The third-order valence-corrected chi connectivity index (χ3v) is 6.79. The zero-order valence-electron chi connectivity index (χ0n) is 22.4. The number of halogens is 4. The standard InChI is InChI=1S/C26H23FN8O.C2HF3O2/c27-23-13-18(14-29)1-2-21(23)26(36)34-11-9-33(10-12-34)16-20(3-6-28)35-8-5-19(15-35)24-22-4-7-30-25(22)32-17-31-24;3-2(4,5)1(6)7/h1-2,4-5,7-8,13,15,17,20H,3,9-12,16H2,(H,30,31,32);(H,6,7). The van der Waals surface area contributed by atoms with Crippen LogP contribution in [0.2, 0.25) is 0 Å². The molecule has 15 heteroatoms. The molecule has 1 unspecified atom stereocenters. The van der Waals surface area contributed by atoms with E-state index in [1.807, 2.05) is 41.4 Å². The number of H-pyrrole nitrogens is 1. The smallest absolute Gasteiger partial charge is 0.475 e. The lowest BCUT2D eigenvalue weighted by molar-refractivity contribution is -0.192. The minimum atomic E-state index is -5.08. The fourth-order valence-corrected chi connectivity index (χ4v) is 4.61. The Labute approximate surface area is 242 Å². The number of amides is 1. The van der Waals surface area contributed by atoms with Crippen LogP contribution in [0.1, 0.15) is 28.4 Å². The van der Waals surface area contributed by atoms with Crippen molar-refractivity contribution in [1.29, 1.82) is 10.5 Å². The topological polar surface area (TPSA) is 155 Å². The summed E-state index contributed by atoms with van der Waals surface area (Å²) in [5, 5.41) is 26.4. The maximum atomic E-state index is 14.3. The number of carbonyl (C=O) groups is 2. The second-order valence-electron chi connectivity index (χ2n) is 9.53. The van der Waals surface area contributed by atoms with Crippen molar-refractivity contribution >= 4 is 22.9 Å². The van der Waals surface area contributed by atoms with Gasteiger partial charge < -0.3 is 19.6 Å². The van der Waals surface area contributed by atoms with Crippen LogP contribution in [0.15, 0.2) is 55.2 Å². The van der Waals surface area contributed by atoms with E-state index in [9.17, 15) is 27.6 Å². The van der Waals surface area contributed by atoms with Gasteiger partial charge in [-0.05, 0) is 30.3 Å². The first kappa shape index (κ1) is 30.7. The van der Waals surface area contributed by atoms with Crippen LogP contribution in [0, 0.1) is 28.5 Å². The average molecular weight is 597 g/mol. The van der Waals surface area contributed by atoms with Crippen molar-refractivity contribution in [2.75, 3.05) is 32.7 Å². The summed E-state index contributed by atoms with van der Waals surface area (Å²) in [4.78, 5) is 37.3. The zero-order chi connectivity index (χ0) is 31.1. The summed E-state index contributed by atoms with van der Waals surface area (Å²) in [5.41, 5.74) is 2.71. The highest BCUT2D eigenvalue weighted by molar-refractivity contribution is 5.94. The maximum absolute atomic E-state index is 14.3. The number of carbonyl (C=O) groups excluding carboxylic acids is 1. The molecule has 1 aromatic carbocycles. The monoisotopic (exact) mass is 596 g/mol. The quantitative estimate of drug-likeness (QED) is 0.317. The van der Waals surface area contributed by atoms with Gasteiger partial charge in [0.1, 0.15) is 17.8 Å². The summed E-state index contributed by atoms with van der Waals surface area (Å²) in [6, 6.07) is 11.9. The molecule has 0 aliphatic carbocycles. The fraction of sp³-hybridized carbons (Fsp3) is 0.286. The summed E-state index contributed by atoms with van der Waals surface area (Å²) in [7, 11) is 0. The number of hydrogen-bond acceptors (Lipinski definition) is 7. The molecule has 0 radical (unpaired) electrons. The molecule has 1 aliphatic heterocycles. The molecule has 4 heterocycles. The minimum absolute atomic E-state index is 0.0223. The number of alkyl halides is 3. The van der Waals surface area contributed by atoms with Crippen LogP contribution in [0.5, 0.6) is 0 Å². The van der Waals surface area contributed by atoms with Crippen molar-refractivity contribution in [2.24, 2.45) is 0 Å². The van der Waals surface area contributed by atoms with Gasteiger partial charge in [-0.2, -0.15) is 23.7 Å². The second-order valence-corrected chi connectivity index (χ2v) is 9.53. The number of hydrogen-bond donors (Lipinski definition) is 2. The lowest BCUT2D eigenvalue weighted by Crippen LogP contribution is -2.50. The predicted octanol–water partition coefficient (Wildman–Crippen LogP) is 3.98. The Morgan fingerprint density at radius 3 is 2.44 bits per heavy atom. The van der Waals surface area contributed by atoms with E-state index in [-0.39, 0.29) is 23.1 Å². The number of aliphatic carboxylic acids is 1. The summed E-state index contributed by atoms with van der Waals surface area (Å²) in [6.07, 6.45) is 2.59. The molecule has 43 heavy (non-hydrogen) atoms. The van der Waals surface area contributed by atoms with Crippen molar-refractivity contribution in [3.63, 3.8) is 0 Å². The minimum Gasteiger partial charge on any atom is -0.475 e. The van der Waals surface area contributed by atoms with Crippen LogP contribution in [0.3, 0.4) is 0 Å². The number of carboxylic acid groups (broad SMARTS) is 1. The molecular weight excluding hydrogens is 572 g/mol. The number of aromatic nitrogens is 4. The highest BCUT2D eigenvalue weighted by Gasteiger charge is 2.38. The molecule has 222 valence electrons. The van der Waals surface area contributed by atoms with Crippen LogP contribution in [0.4, 0.5) is 17.6 Å². The molecule has 1 saturated heterocycles. The lowest BCUT2D eigenvalue weighted by atomic mass is 10.1. The molecule has 1 atom stereocenters. The Kier molecular flexibility index (Phi) is 9.37. The fourth-order valence-electron chi connectivity index (χ4n) is 4.61. The maximum Gasteiger partial charge on any atom is 0.490 e. The average Bonchev–Trinajstić information content (AvgIpc) is 3.67. The predicted molar refractivity (Wildman–Crippen MR) is 144 cm³/mol. The van der Waals surface area contributed by atoms with Crippen LogP contribution >= 0.6 is 0 Å². The number of nitrogens with zero attached hydrogens (tertiary/aromatic N) is 7. The molecule has 2 N–H and O–H groups in total. The van der Waals surface area contributed by atoms with Crippen LogP contribution in [0.25, 0.3) is 22.3 Å². The molecule has 0 saturated carbocycles. The number of aromatic amines is 1. The van der Waals surface area contributed by atoms with Gasteiger partial charge in [0.05, 0.1) is 41.4 Å². The van der Waals surface area contributed by atoms with E-state index in [0.29, 0.717) is 39.1 Å². The van der Waals surface area contributed by atoms with Crippen LogP contribution in [-0.2, 0) is 4.79 Å². The zero-order valence-corrected chi connectivity index (χ0v) is 22.4. The molecule has 5 rings (SSSR count). The Balaban J connectivity index is 0.000000541. The number of nitriles is 2. The lowest BCUT2D eigenvalue weighted by Gasteiger charge is -2.36. The number of carboxylic acids is 1. The number of piperazine rings is 1. The van der Waals surface area contributed by atoms with E-state index in [0.717, 1.165) is 28.4 Å². The summed E-state index contributed by atoms with van der Waals surface area (Å²) >= 11 is 0. The Morgan fingerprint density at radius 2 is 1.81 bits per heavy atom. The van der Waals surface area contributed by atoms with Gasteiger partial charge in [-0.25, -0.2) is 19.2 Å². The highest BCUT2D eigenvalue weighted by Crippen LogP contribution is 2.27. The second kappa shape index (κ2) is 13.1. The third kappa shape index (κ3) is 7.33. The Bertz CT molecular complexity index is 1690. The van der Waals surface area contributed by atoms with E-state index >= 15 is 0 Å². The van der Waals surface area contributed by atoms with Crippen molar-refractivity contribution < 1.29 is 32.3 Å². The normalized spacial score (nSPS) is 14.3. The van der Waals surface area contributed by atoms with Gasteiger partial charge in [-0.3, -0.25) is 9.69 Å². The summed E-state index contributed by atoms with van der Waals surface area (Å²) in [6.45, 7) is 2.81. The summed E-state index contributed by atoms with van der Waals surface area (Å²) in [5.74, 6) is -3.81. The summed E-state index contributed by atoms with van der Waals surface area (Å²) < 4.78 is 48.1. The van der Waals surface area contributed by atoms with Gasteiger partial charge in [-0.15, -0.1) is 0 Å². The van der Waals surface area contributed by atoms with E-state index < -0.39 is 18.0 Å². The van der Waals surface area contributed by atoms with Crippen molar-refractivity contribution in [3.05, 3.63) is 72.2 Å². The molecule has 1 aliphatic rings. The molecule has 1 amide bonds. The molecule has 11 nitrogen and oxygen atoms in total. The van der Waals surface area contributed by atoms with Gasteiger partial charge in [0.25, 0.3) is 5.91 Å². The number of benzene rings is 1. The van der Waals surface area contributed by atoms with E-state index in [2.05, 4.69) is 25.9 Å². The highest BCUT2D eigenvalue weighted by atomic mass is 19.4. The van der Waals surface area contributed by atoms with E-state index in [1.165, 1.54) is 18.5 Å². The van der Waals surface area contributed by atoms with Crippen LogP contribution in [-0.4, -0.2) is 85.2 Å². The molecule has 1 fully saturated rings. The first-order valence-corrected chi connectivity index (χ1v) is 12.9. The SMILES string of the molecule is N#CCC(CN1CCN(C(=O)c2ccc(C#N)cc2F)CC1)n1ccc(-c2ncnc3[nH]ccc23)c1.O=C(O)C(F)(F)F. The third-order valence-electron chi connectivity index (χ3n) is 6.79. The first-order chi connectivity index (χ1) is 20.5. The van der Waals surface area contributed by atoms with Gasteiger partial charge in [0.2, 0.25) is 0 Å². The van der Waals surface area contributed by atoms with Gasteiger partial charge >= 0.3 is 12.1 Å². The van der Waals surface area contributed by atoms with Crippen LogP contribution < -0.4 is 0 Å². The first-order valence-electron chi connectivity index (χ1n) is 12.9. The Morgan fingerprint density at radius 1 is 1.09 bits per heavy atom. The van der Waals surface area contributed by atoms with E-state index in [1.54, 1.807) is 4.90 Å². The number of nitrogens with one attached hydrogen (secondary N) is 1. The number of rotatable bonds is 6. The molecule has 0 spiro atoms. The number of fused-ring (bicyclic) bond motifs is 1. The Hall–Kier alpha value is -5.28. The molecule has 0 bridgehead atoms. The van der Waals surface area contributed by atoms with Crippen molar-refractivity contribution in [1.82, 2.24) is 29.3 Å².